The van der Waals surface area contributed by atoms with Crippen molar-refractivity contribution in [2.45, 2.75) is 51.7 Å². The molecular weight excluding hydrogens is 467 g/mol. The van der Waals surface area contributed by atoms with Crippen molar-refractivity contribution in [1.29, 1.82) is 0 Å². The Morgan fingerprint density at radius 3 is 2.18 bits per heavy atom. The Balaban J connectivity index is 1.97. The van der Waals surface area contributed by atoms with Gasteiger partial charge in [0, 0.05) is 29.1 Å². The lowest BCUT2D eigenvalue weighted by Crippen LogP contribution is -2.52. The van der Waals surface area contributed by atoms with Crippen LogP contribution < -0.4 is 5.32 Å². The number of hydrogen-bond acceptors (Lipinski definition) is 2. The minimum Gasteiger partial charge on any atom is -0.352 e. The van der Waals surface area contributed by atoms with Crippen LogP contribution in [0.3, 0.4) is 0 Å². The number of hydrogen-bond donors (Lipinski definition) is 1. The van der Waals surface area contributed by atoms with Gasteiger partial charge in [-0.2, -0.15) is 0 Å². The van der Waals surface area contributed by atoms with Crippen molar-refractivity contribution in [3.8, 4) is 0 Å². The highest BCUT2D eigenvalue weighted by Gasteiger charge is 2.31. The first-order valence-corrected chi connectivity index (χ1v) is 12.2. The molecular formula is C28H30Cl2N2O2. The van der Waals surface area contributed by atoms with Gasteiger partial charge in [0.05, 0.1) is 6.42 Å². The van der Waals surface area contributed by atoms with Crippen molar-refractivity contribution in [3.63, 3.8) is 0 Å². The van der Waals surface area contributed by atoms with Crippen molar-refractivity contribution in [1.82, 2.24) is 10.2 Å². The summed E-state index contributed by atoms with van der Waals surface area (Å²) in [6, 6.07) is 23.7. The standard InChI is InChI=1S/C28H30Cl2N2O2/c1-3-20(2)31-28(34)26(17-21-9-5-4-6-10-21)32(19-22-13-15-24(29)16-14-22)27(33)18-23-11-7-8-12-25(23)30/h4-16,20,26H,3,17-19H2,1-2H3,(H,31,34)/t20-,26-/m1/s1. The maximum absolute atomic E-state index is 13.7. The van der Waals surface area contributed by atoms with Gasteiger partial charge < -0.3 is 10.2 Å². The normalized spacial score (nSPS) is 12.6. The van der Waals surface area contributed by atoms with Crippen LogP contribution in [0.1, 0.15) is 37.0 Å². The highest BCUT2D eigenvalue weighted by atomic mass is 35.5. The Kier molecular flexibility index (Phi) is 9.55. The van der Waals surface area contributed by atoms with Gasteiger partial charge >= 0.3 is 0 Å². The molecule has 3 aromatic carbocycles. The Hall–Kier alpha value is -2.82. The second-order valence-corrected chi connectivity index (χ2v) is 9.28. The van der Waals surface area contributed by atoms with Crippen molar-refractivity contribution < 1.29 is 9.59 Å². The second-order valence-electron chi connectivity index (χ2n) is 8.44. The van der Waals surface area contributed by atoms with Gasteiger partial charge in [-0.05, 0) is 48.2 Å². The second kappa shape index (κ2) is 12.6. The van der Waals surface area contributed by atoms with Gasteiger partial charge in [-0.25, -0.2) is 0 Å². The third-order valence-electron chi connectivity index (χ3n) is 5.84. The molecule has 0 aromatic heterocycles. The Morgan fingerprint density at radius 1 is 0.882 bits per heavy atom. The fraction of sp³-hybridized carbons (Fsp3) is 0.286. The quantitative estimate of drug-likeness (QED) is 0.369. The Bertz CT molecular complexity index is 1090. The van der Waals surface area contributed by atoms with Crippen molar-refractivity contribution in [2.24, 2.45) is 0 Å². The van der Waals surface area contributed by atoms with Gasteiger partial charge in [0.25, 0.3) is 0 Å². The molecule has 1 N–H and O–H groups in total. The predicted molar refractivity (Wildman–Crippen MR) is 139 cm³/mol. The van der Waals surface area contributed by atoms with Crippen LogP contribution in [0, 0.1) is 0 Å². The molecule has 3 rings (SSSR count). The van der Waals surface area contributed by atoms with Crippen LogP contribution in [0.15, 0.2) is 78.9 Å². The van der Waals surface area contributed by atoms with E-state index in [-0.39, 0.29) is 30.8 Å². The summed E-state index contributed by atoms with van der Waals surface area (Å²) < 4.78 is 0. The molecule has 178 valence electrons. The van der Waals surface area contributed by atoms with Crippen molar-refractivity contribution in [3.05, 3.63) is 106 Å². The number of amides is 2. The highest BCUT2D eigenvalue weighted by molar-refractivity contribution is 6.31. The summed E-state index contributed by atoms with van der Waals surface area (Å²) in [5.74, 6) is -0.331. The first kappa shape index (κ1) is 25.8. The smallest absolute Gasteiger partial charge is 0.243 e. The summed E-state index contributed by atoms with van der Waals surface area (Å²) in [7, 11) is 0. The topological polar surface area (TPSA) is 49.4 Å². The number of nitrogens with one attached hydrogen (secondary N) is 1. The molecule has 0 heterocycles. The number of carbonyl (C=O) groups excluding carboxylic acids is 2. The predicted octanol–water partition coefficient (Wildman–Crippen LogP) is 6.09. The lowest BCUT2D eigenvalue weighted by molar-refractivity contribution is -0.141. The van der Waals surface area contributed by atoms with Gasteiger partial charge in [0.2, 0.25) is 11.8 Å². The fourth-order valence-corrected chi connectivity index (χ4v) is 4.02. The van der Waals surface area contributed by atoms with E-state index in [9.17, 15) is 9.59 Å². The molecule has 0 aliphatic heterocycles. The van der Waals surface area contributed by atoms with Crippen LogP contribution in [-0.2, 0) is 29.0 Å². The number of halogens is 2. The zero-order chi connectivity index (χ0) is 24.5. The molecule has 6 heteroatoms. The minimum atomic E-state index is -0.679. The lowest BCUT2D eigenvalue weighted by Gasteiger charge is -2.32. The molecule has 0 unspecified atom stereocenters. The van der Waals surface area contributed by atoms with Crippen LogP contribution in [0.2, 0.25) is 10.0 Å². The Morgan fingerprint density at radius 2 is 1.53 bits per heavy atom. The highest BCUT2D eigenvalue weighted by Crippen LogP contribution is 2.21. The lowest BCUT2D eigenvalue weighted by atomic mass is 10.0. The average Bonchev–Trinajstić information content (AvgIpc) is 2.84. The molecule has 0 saturated heterocycles. The molecule has 0 radical (unpaired) electrons. The third-order valence-corrected chi connectivity index (χ3v) is 6.46. The van der Waals surface area contributed by atoms with Gasteiger partial charge in [-0.15, -0.1) is 0 Å². The van der Waals surface area contributed by atoms with Gasteiger partial charge in [0.1, 0.15) is 6.04 Å². The zero-order valence-electron chi connectivity index (χ0n) is 19.5. The molecule has 4 nitrogen and oxygen atoms in total. The summed E-state index contributed by atoms with van der Waals surface area (Å²) in [5, 5.41) is 4.23. The molecule has 2 amide bonds. The van der Waals surface area contributed by atoms with E-state index in [0.29, 0.717) is 16.5 Å². The first-order chi connectivity index (χ1) is 16.4. The number of nitrogens with zero attached hydrogens (tertiary/aromatic N) is 1. The molecule has 34 heavy (non-hydrogen) atoms. The summed E-state index contributed by atoms with van der Waals surface area (Å²) in [5.41, 5.74) is 2.61. The van der Waals surface area contributed by atoms with E-state index in [1.165, 1.54) is 0 Å². The van der Waals surface area contributed by atoms with E-state index in [2.05, 4.69) is 5.32 Å². The molecule has 0 saturated carbocycles. The molecule has 3 aromatic rings. The fourth-order valence-electron chi connectivity index (χ4n) is 3.69. The Labute approximate surface area is 211 Å². The van der Waals surface area contributed by atoms with Crippen LogP contribution in [0.5, 0.6) is 0 Å². The molecule has 0 fully saturated rings. The largest absolute Gasteiger partial charge is 0.352 e. The molecule has 0 aliphatic rings. The van der Waals surface area contributed by atoms with E-state index in [1.54, 1.807) is 23.1 Å². The first-order valence-electron chi connectivity index (χ1n) is 11.5. The van der Waals surface area contributed by atoms with E-state index in [1.807, 2.05) is 74.5 Å². The van der Waals surface area contributed by atoms with Crippen LogP contribution in [-0.4, -0.2) is 28.8 Å². The van der Waals surface area contributed by atoms with E-state index < -0.39 is 6.04 Å². The molecule has 0 aliphatic carbocycles. The van der Waals surface area contributed by atoms with Crippen LogP contribution in [0.4, 0.5) is 0 Å². The van der Waals surface area contributed by atoms with Gasteiger partial charge in [-0.1, -0.05) is 90.8 Å². The van der Waals surface area contributed by atoms with E-state index >= 15 is 0 Å². The van der Waals surface area contributed by atoms with Gasteiger partial charge in [-0.3, -0.25) is 9.59 Å². The number of carbonyl (C=O) groups is 2. The van der Waals surface area contributed by atoms with Gasteiger partial charge in [0.15, 0.2) is 0 Å². The number of rotatable bonds is 10. The zero-order valence-corrected chi connectivity index (χ0v) is 21.0. The summed E-state index contributed by atoms with van der Waals surface area (Å²) in [6.45, 7) is 4.27. The van der Waals surface area contributed by atoms with Crippen molar-refractivity contribution >= 4 is 35.0 Å². The molecule has 0 spiro atoms. The van der Waals surface area contributed by atoms with Crippen LogP contribution in [0.25, 0.3) is 0 Å². The maximum Gasteiger partial charge on any atom is 0.243 e. The number of benzene rings is 3. The molecule has 2 atom stereocenters. The summed E-state index contributed by atoms with van der Waals surface area (Å²) >= 11 is 12.4. The SMILES string of the molecule is CC[C@@H](C)NC(=O)[C@@H](Cc1ccccc1)N(Cc1ccc(Cl)cc1)C(=O)Cc1ccccc1Cl. The summed E-state index contributed by atoms with van der Waals surface area (Å²) in [4.78, 5) is 28.8. The minimum absolute atomic E-state index is 0.00169. The summed E-state index contributed by atoms with van der Waals surface area (Å²) in [6.07, 6.45) is 1.31. The molecule has 0 bridgehead atoms. The third kappa shape index (κ3) is 7.34. The van der Waals surface area contributed by atoms with Crippen LogP contribution >= 0.6 is 23.2 Å². The van der Waals surface area contributed by atoms with Crippen molar-refractivity contribution in [2.75, 3.05) is 0 Å². The van der Waals surface area contributed by atoms with E-state index in [0.717, 1.165) is 23.1 Å². The monoisotopic (exact) mass is 496 g/mol. The van der Waals surface area contributed by atoms with E-state index in [4.69, 9.17) is 23.2 Å². The maximum atomic E-state index is 13.7. The average molecular weight is 497 g/mol.